The summed E-state index contributed by atoms with van der Waals surface area (Å²) in [4.78, 5) is 40.1. The molecule has 1 atom stereocenters. The Labute approximate surface area is 191 Å². The molecule has 0 aliphatic rings. The summed E-state index contributed by atoms with van der Waals surface area (Å²) in [5.74, 6) is -0.831. The van der Waals surface area contributed by atoms with Crippen molar-refractivity contribution >= 4 is 57.9 Å². The zero-order valence-electron chi connectivity index (χ0n) is 16.2. The zero-order chi connectivity index (χ0) is 22.5. The van der Waals surface area contributed by atoms with E-state index in [-0.39, 0.29) is 28.7 Å². The number of nitro groups is 1. The zero-order valence-corrected chi connectivity index (χ0v) is 18.6. The molecular formula is C20H17ClN4O4S2. The van der Waals surface area contributed by atoms with E-state index in [1.165, 1.54) is 41.3 Å². The lowest BCUT2D eigenvalue weighted by Gasteiger charge is -2.16. The average molecular weight is 477 g/mol. The second-order valence-corrected chi connectivity index (χ2v) is 9.30. The SMILES string of the molecule is Cc1nc(SC(C(=O)Nc2ccc(Cl)c([N+](=O)[O-])c2)c2ccccc2)sc1CC(N)=O. The van der Waals surface area contributed by atoms with Crippen molar-refractivity contribution < 1.29 is 14.5 Å². The summed E-state index contributed by atoms with van der Waals surface area (Å²) in [7, 11) is 0. The highest BCUT2D eigenvalue weighted by Crippen LogP contribution is 2.39. The van der Waals surface area contributed by atoms with E-state index < -0.39 is 16.1 Å². The molecule has 0 saturated heterocycles. The fourth-order valence-electron chi connectivity index (χ4n) is 2.71. The van der Waals surface area contributed by atoms with Gasteiger partial charge >= 0.3 is 0 Å². The number of hydrogen-bond acceptors (Lipinski definition) is 7. The van der Waals surface area contributed by atoms with Crippen molar-refractivity contribution in [3.63, 3.8) is 0 Å². The van der Waals surface area contributed by atoms with Crippen LogP contribution in [-0.2, 0) is 16.0 Å². The first-order valence-electron chi connectivity index (χ1n) is 8.95. The van der Waals surface area contributed by atoms with Crippen LogP contribution in [0.15, 0.2) is 52.9 Å². The first-order valence-corrected chi connectivity index (χ1v) is 11.0. The number of thiazole rings is 1. The van der Waals surface area contributed by atoms with Gasteiger partial charge in [-0.1, -0.05) is 53.7 Å². The summed E-state index contributed by atoms with van der Waals surface area (Å²) in [6.45, 7) is 1.78. The Kier molecular flexibility index (Phi) is 7.26. The van der Waals surface area contributed by atoms with Crippen molar-refractivity contribution in [2.75, 3.05) is 5.32 Å². The quantitative estimate of drug-likeness (QED) is 0.279. The Morgan fingerprint density at radius 3 is 2.65 bits per heavy atom. The van der Waals surface area contributed by atoms with E-state index >= 15 is 0 Å². The standard InChI is InChI=1S/C20H17ClN4O4S2/c1-11-16(10-17(22)26)30-20(23-11)31-18(12-5-3-2-4-6-12)19(27)24-13-7-8-14(21)15(9-13)25(28)29/h2-9,18H,10H2,1H3,(H2,22,26)(H,24,27). The van der Waals surface area contributed by atoms with E-state index in [9.17, 15) is 19.7 Å². The number of anilines is 1. The van der Waals surface area contributed by atoms with Gasteiger partial charge in [0.2, 0.25) is 11.8 Å². The van der Waals surface area contributed by atoms with E-state index in [4.69, 9.17) is 17.3 Å². The summed E-state index contributed by atoms with van der Waals surface area (Å²) in [6, 6.07) is 13.2. The number of benzene rings is 2. The van der Waals surface area contributed by atoms with Crippen LogP contribution in [0.2, 0.25) is 5.02 Å². The monoisotopic (exact) mass is 476 g/mol. The average Bonchev–Trinajstić information content (AvgIpc) is 3.06. The van der Waals surface area contributed by atoms with Gasteiger partial charge in [-0.25, -0.2) is 4.98 Å². The Balaban J connectivity index is 1.88. The van der Waals surface area contributed by atoms with Crippen LogP contribution < -0.4 is 11.1 Å². The van der Waals surface area contributed by atoms with E-state index in [1.807, 2.05) is 30.3 Å². The number of thioether (sulfide) groups is 1. The molecule has 3 N–H and O–H groups in total. The number of hydrogen-bond donors (Lipinski definition) is 2. The highest BCUT2D eigenvalue weighted by Gasteiger charge is 2.25. The minimum Gasteiger partial charge on any atom is -0.369 e. The molecule has 11 heteroatoms. The fraction of sp³-hybridized carbons (Fsp3) is 0.150. The lowest BCUT2D eigenvalue weighted by molar-refractivity contribution is -0.384. The van der Waals surface area contributed by atoms with Crippen LogP contribution in [0.25, 0.3) is 0 Å². The number of halogens is 1. The normalized spacial score (nSPS) is 11.7. The summed E-state index contributed by atoms with van der Waals surface area (Å²) in [5, 5.41) is 13.2. The maximum absolute atomic E-state index is 13.1. The number of nitrogens with one attached hydrogen (secondary N) is 1. The minimum atomic E-state index is -0.678. The molecule has 1 aromatic heterocycles. The highest BCUT2D eigenvalue weighted by molar-refractivity contribution is 8.01. The van der Waals surface area contributed by atoms with Gasteiger partial charge in [-0.05, 0) is 24.6 Å². The number of nitro benzene ring substituents is 1. The number of nitrogens with two attached hydrogens (primary N) is 1. The smallest absolute Gasteiger partial charge is 0.289 e. The van der Waals surface area contributed by atoms with Gasteiger partial charge < -0.3 is 11.1 Å². The number of carbonyl (C=O) groups excluding carboxylic acids is 2. The Hall–Kier alpha value is -2.95. The van der Waals surface area contributed by atoms with Gasteiger partial charge in [0, 0.05) is 16.6 Å². The third-order valence-electron chi connectivity index (χ3n) is 4.18. The van der Waals surface area contributed by atoms with Gasteiger partial charge in [-0.3, -0.25) is 19.7 Å². The number of primary amides is 1. The molecule has 0 aliphatic heterocycles. The Morgan fingerprint density at radius 1 is 1.29 bits per heavy atom. The molecule has 0 radical (unpaired) electrons. The second kappa shape index (κ2) is 9.90. The first-order chi connectivity index (χ1) is 14.7. The van der Waals surface area contributed by atoms with Crippen LogP contribution in [0.3, 0.4) is 0 Å². The molecule has 2 amide bonds. The largest absolute Gasteiger partial charge is 0.369 e. The molecule has 3 rings (SSSR count). The van der Waals surface area contributed by atoms with E-state index in [0.717, 1.165) is 10.4 Å². The molecule has 0 fully saturated rings. The number of nitrogens with zero attached hydrogens (tertiary/aromatic N) is 2. The van der Waals surface area contributed by atoms with Crippen LogP contribution in [0.1, 0.15) is 21.4 Å². The maximum Gasteiger partial charge on any atom is 0.289 e. The van der Waals surface area contributed by atoms with Gasteiger partial charge in [0.1, 0.15) is 10.3 Å². The first kappa shape index (κ1) is 22.7. The summed E-state index contributed by atoms with van der Waals surface area (Å²) in [6.07, 6.45) is 0.0840. The lowest BCUT2D eigenvalue weighted by Crippen LogP contribution is -2.19. The molecule has 0 aliphatic carbocycles. The van der Waals surface area contributed by atoms with E-state index in [1.54, 1.807) is 6.92 Å². The van der Waals surface area contributed by atoms with Crippen LogP contribution >= 0.6 is 34.7 Å². The molecular weight excluding hydrogens is 460 g/mol. The minimum absolute atomic E-state index is 0.0165. The molecule has 0 saturated carbocycles. The van der Waals surface area contributed by atoms with Gasteiger partial charge in [-0.15, -0.1) is 11.3 Å². The molecule has 0 bridgehead atoms. The number of carbonyl (C=O) groups is 2. The molecule has 1 unspecified atom stereocenters. The van der Waals surface area contributed by atoms with Crippen molar-refractivity contribution in [2.24, 2.45) is 5.73 Å². The van der Waals surface area contributed by atoms with Crippen LogP contribution in [0.5, 0.6) is 0 Å². The van der Waals surface area contributed by atoms with Crippen LogP contribution in [0, 0.1) is 17.0 Å². The molecule has 1 heterocycles. The van der Waals surface area contributed by atoms with Crippen LogP contribution in [-0.4, -0.2) is 21.7 Å². The number of amides is 2. The van der Waals surface area contributed by atoms with E-state index in [0.29, 0.717) is 10.0 Å². The van der Waals surface area contributed by atoms with Gasteiger partial charge in [0.15, 0.2) is 4.34 Å². The third-order valence-corrected chi connectivity index (χ3v) is 7.00. The van der Waals surface area contributed by atoms with Gasteiger partial charge in [-0.2, -0.15) is 0 Å². The molecule has 160 valence electrons. The fourth-order valence-corrected chi connectivity index (χ4v) is 5.33. The molecule has 31 heavy (non-hydrogen) atoms. The lowest BCUT2D eigenvalue weighted by atomic mass is 10.1. The van der Waals surface area contributed by atoms with Crippen LogP contribution in [0.4, 0.5) is 11.4 Å². The predicted molar refractivity (Wildman–Crippen MR) is 122 cm³/mol. The third kappa shape index (κ3) is 5.81. The summed E-state index contributed by atoms with van der Waals surface area (Å²) >= 11 is 8.38. The van der Waals surface area contributed by atoms with Gasteiger partial charge in [0.25, 0.3) is 5.69 Å². The second-order valence-electron chi connectivity index (χ2n) is 6.45. The summed E-state index contributed by atoms with van der Waals surface area (Å²) in [5.41, 5.74) is 6.67. The molecule has 8 nitrogen and oxygen atoms in total. The van der Waals surface area contributed by atoms with Gasteiger partial charge in [0.05, 0.1) is 17.0 Å². The maximum atomic E-state index is 13.1. The van der Waals surface area contributed by atoms with Crippen molar-refractivity contribution in [3.8, 4) is 0 Å². The summed E-state index contributed by atoms with van der Waals surface area (Å²) < 4.78 is 0.611. The Bertz CT molecular complexity index is 1140. The van der Waals surface area contributed by atoms with Crippen molar-refractivity contribution in [3.05, 3.63) is 79.8 Å². The van der Waals surface area contributed by atoms with Crippen molar-refractivity contribution in [1.29, 1.82) is 0 Å². The highest BCUT2D eigenvalue weighted by atomic mass is 35.5. The number of rotatable bonds is 8. The molecule has 0 spiro atoms. The predicted octanol–water partition coefficient (Wildman–Crippen LogP) is 4.51. The van der Waals surface area contributed by atoms with Crippen molar-refractivity contribution in [1.82, 2.24) is 4.98 Å². The topological polar surface area (TPSA) is 128 Å². The number of aryl methyl sites for hydroxylation is 1. The Morgan fingerprint density at radius 2 is 2.00 bits per heavy atom. The van der Waals surface area contributed by atoms with Crippen molar-refractivity contribution in [2.45, 2.75) is 22.9 Å². The van der Waals surface area contributed by atoms with E-state index in [2.05, 4.69) is 10.3 Å². The number of aromatic nitrogens is 1. The molecule has 2 aromatic carbocycles. The molecule has 3 aromatic rings.